The molecule has 0 fully saturated rings. The molecule has 2 aromatic heterocycles. The zero-order valence-electron chi connectivity index (χ0n) is 16.1. The third-order valence-corrected chi connectivity index (χ3v) is 7.72. The Morgan fingerprint density at radius 1 is 1.13 bits per heavy atom. The van der Waals surface area contributed by atoms with Gasteiger partial charge in [0.15, 0.2) is 0 Å². The van der Waals surface area contributed by atoms with Gasteiger partial charge >= 0.3 is 0 Å². The molecular weight excluding hydrogens is 460 g/mol. The van der Waals surface area contributed by atoms with Gasteiger partial charge in [-0.15, -0.1) is 22.7 Å². The van der Waals surface area contributed by atoms with Gasteiger partial charge in [0.05, 0.1) is 5.02 Å². The summed E-state index contributed by atoms with van der Waals surface area (Å²) in [6.45, 7) is 2.47. The largest absolute Gasteiger partial charge is 0.331 e. The highest BCUT2D eigenvalue weighted by atomic mass is 35.5. The Labute approximate surface area is 192 Å². The number of fused-ring (bicyclic) bond motifs is 1. The number of carbonyl (C=O) groups is 1. The maximum Gasteiger partial charge on any atom is 0.266 e. The van der Waals surface area contributed by atoms with Crippen LogP contribution in [0.1, 0.15) is 27.0 Å². The molecule has 30 heavy (non-hydrogen) atoms. The fourth-order valence-electron chi connectivity index (χ4n) is 3.35. The van der Waals surface area contributed by atoms with Crippen LogP contribution in [0.15, 0.2) is 60.0 Å². The molecule has 2 aromatic carbocycles. The molecule has 0 saturated carbocycles. The monoisotopic (exact) mass is 477 g/mol. The van der Waals surface area contributed by atoms with Crippen molar-refractivity contribution in [2.75, 3.05) is 0 Å². The minimum atomic E-state index is -0.344. The number of nitrogens with zero attached hydrogens (tertiary/aromatic N) is 1. The minimum absolute atomic E-state index is 0.0511. The van der Waals surface area contributed by atoms with Crippen LogP contribution in [0.25, 0.3) is 10.1 Å². The van der Waals surface area contributed by atoms with Crippen LogP contribution in [0.3, 0.4) is 0 Å². The fourth-order valence-corrected chi connectivity index (χ4v) is 5.80. The van der Waals surface area contributed by atoms with Gasteiger partial charge in [0.2, 0.25) is 0 Å². The van der Waals surface area contributed by atoms with Gasteiger partial charge in [0.1, 0.15) is 10.7 Å². The number of amides is 1. The predicted molar refractivity (Wildman–Crippen MR) is 126 cm³/mol. The first kappa shape index (κ1) is 21.3. The molecule has 0 aliphatic rings. The lowest BCUT2D eigenvalue weighted by atomic mass is 10.1. The number of benzene rings is 2. The fraction of sp³-hybridized carbons (Fsp3) is 0.174. The molecule has 2 heterocycles. The zero-order valence-corrected chi connectivity index (χ0v) is 19.2. The molecule has 0 saturated heterocycles. The van der Waals surface area contributed by atoms with Crippen molar-refractivity contribution < 1.29 is 9.18 Å². The van der Waals surface area contributed by atoms with Crippen molar-refractivity contribution in [3.05, 3.63) is 91.2 Å². The van der Waals surface area contributed by atoms with Crippen molar-refractivity contribution in [3.63, 3.8) is 0 Å². The molecule has 7 heteroatoms. The molecule has 4 rings (SSSR count). The maximum absolute atomic E-state index is 13.7. The summed E-state index contributed by atoms with van der Waals surface area (Å²) >= 11 is 15.5. The van der Waals surface area contributed by atoms with Crippen LogP contribution in [0.4, 0.5) is 4.39 Å². The summed E-state index contributed by atoms with van der Waals surface area (Å²) in [5.41, 5.74) is 0.981. The second-order valence-electron chi connectivity index (χ2n) is 7.08. The van der Waals surface area contributed by atoms with Crippen LogP contribution in [-0.2, 0) is 13.0 Å². The third kappa shape index (κ3) is 4.54. The molecule has 0 spiro atoms. The van der Waals surface area contributed by atoms with E-state index in [0.29, 0.717) is 31.6 Å². The number of halogens is 3. The summed E-state index contributed by atoms with van der Waals surface area (Å²) < 4.78 is 14.3. The maximum atomic E-state index is 13.7. The van der Waals surface area contributed by atoms with E-state index < -0.39 is 0 Å². The average molecular weight is 478 g/mol. The number of carbonyl (C=O) groups excluding carboxylic acids is 1. The highest BCUT2D eigenvalue weighted by molar-refractivity contribution is 7.21. The molecule has 1 amide bonds. The van der Waals surface area contributed by atoms with E-state index in [1.54, 1.807) is 17.4 Å². The minimum Gasteiger partial charge on any atom is -0.331 e. The molecule has 2 nitrogen and oxygen atoms in total. The Hall–Kier alpha value is -1.92. The Morgan fingerprint density at radius 2 is 1.90 bits per heavy atom. The molecule has 0 N–H and O–H groups in total. The van der Waals surface area contributed by atoms with Gasteiger partial charge in [0, 0.05) is 39.0 Å². The first-order valence-electron chi connectivity index (χ1n) is 9.37. The smallest absolute Gasteiger partial charge is 0.266 e. The Balaban J connectivity index is 1.69. The number of hydrogen-bond donors (Lipinski definition) is 0. The van der Waals surface area contributed by atoms with E-state index in [-0.39, 0.29) is 17.8 Å². The number of hydrogen-bond acceptors (Lipinski definition) is 3. The topological polar surface area (TPSA) is 20.3 Å². The van der Waals surface area contributed by atoms with Crippen LogP contribution in [0.5, 0.6) is 0 Å². The first-order valence-corrected chi connectivity index (χ1v) is 11.8. The Morgan fingerprint density at radius 3 is 2.60 bits per heavy atom. The molecule has 154 valence electrons. The molecule has 0 unspecified atom stereocenters. The van der Waals surface area contributed by atoms with Crippen molar-refractivity contribution in [1.82, 2.24) is 4.90 Å². The van der Waals surface area contributed by atoms with E-state index in [9.17, 15) is 9.18 Å². The normalized spacial score (nSPS) is 12.3. The van der Waals surface area contributed by atoms with Gasteiger partial charge in [-0.1, -0.05) is 41.4 Å². The molecule has 0 bridgehead atoms. The van der Waals surface area contributed by atoms with Crippen LogP contribution in [0.2, 0.25) is 10.0 Å². The third-order valence-electron chi connectivity index (χ3n) is 4.92. The van der Waals surface area contributed by atoms with E-state index >= 15 is 0 Å². The molecule has 0 aliphatic carbocycles. The van der Waals surface area contributed by atoms with Gasteiger partial charge in [-0.05, 0) is 54.3 Å². The standard InChI is InChI=1S/C23H18Cl2FNOS2/c1-14(11-18-3-2-10-29-18)27(13-15-4-6-16(24)7-5-15)23(28)22-21(25)19-9-8-17(26)12-20(19)30-22/h2-10,12,14H,11,13H2,1H3/t14-/m1/s1. The second kappa shape index (κ2) is 9.06. The molecule has 0 radical (unpaired) electrons. The lowest BCUT2D eigenvalue weighted by Crippen LogP contribution is -2.39. The summed E-state index contributed by atoms with van der Waals surface area (Å²) in [6.07, 6.45) is 0.744. The van der Waals surface area contributed by atoms with Crippen LogP contribution in [-0.4, -0.2) is 16.8 Å². The van der Waals surface area contributed by atoms with Crippen LogP contribution < -0.4 is 0 Å². The van der Waals surface area contributed by atoms with Crippen molar-refractivity contribution in [2.45, 2.75) is 25.9 Å². The number of thiophene rings is 2. The lowest BCUT2D eigenvalue weighted by molar-refractivity contribution is 0.0681. The second-order valence-corrected chi connectivity index (χ2v) is 9.98. The van der Waals surface area contributed by atoms with Crippen molar-refractivity contribution in [2.24, 2.45) is 0 Å². The molecule has 4 aromatic rings. The van der Waals surface area contributed by atoms with E-state index in [0.717, 1.165) is 12.0 Å². The number of rotatable bonds is 6. The van der Waals surface area contributed by atoms with E-state index in [4.69, 9.17) is 23.2 Å². The van der Waals surface area contributed by atoms with Gasteiger partial charge in [-0.25, -0.2) is 4.39 Å². The van der Waals surface area contributed by atoms with E-state index in [1.165, 1.54) is 28.3 Å². The SMILES string of the molecule is C[C@H](Cc1cccs1)N(Cc1ccc(Cl)cc1)C(=O)c1sc2cc(F)ccc2c1Cl. The molecular formula is C23H18Cl2FNOS2. The zero-order chi connectivity index (χ0) is 21.3. The summed E-state index contributed by atoms with van der Waals surface area (Å²) in [5, 5.41) is 3.76. The summed E-state index contributed by atoms with van der Waals surface area (Å²) in [5.74, 6) is -0.496. The van der Waals surface area contributed by atoms with Crippen LogP contribution >= 0.6 is 45.9 Å². The van der Waals surface area contributed by atoms with Crippen LogP contribution in [0, 0.1) is 5.82 Å². The van der Waals surface area contributed by atoms with Gasteiger partial charge in [-0.2, -0.15) is 0 Å². The van der Waals surface area contributed by atoms with Crippen molar-refractivity contribution in [3.8, 4) is 0 Å². The van der Waals surface area contributed by atoms with Gasteiger partial charge in [-0.3, -0.25) is 4.79 Å². The lowest BCUT2D eigenvalue weighted by Gasteiger charge is -2.29. The van der Waals surface area contributed by atoms with Crippen molar-refractivity contribution in [1.29, 1.82) is 0 Å². The first-order chi connectivity index (χ1) is 14.4. The van der Waals surface area contributed by atoms with Gasteiger partial charge in [0.25, 0.3) is 5.91 Å². The highest BCUT2D eigenvalue weighted by Gasteiger charge is 2.27. The Kier molecular flexibility index (Phi) is 6.44. The van der Waals surface area contributed by atoms with Crippen molar-refractivity contribution >= 4 is 61.9 Å². The predicted octanol–water partition coefficient (Wildman–Crippen LogP) is 7.68. The van der Waals surface area contributed by atoms with E-state index in [1.807, 2.05) is 47.5 Å². The Bertz CT molecular complexity index is 1170. The summed E-state index contributed by atoms with van der Waals surface area (Å²) in [7, 11) is 0. The van der Waals surface area contributed by atoms with E-state index in [2.05, 4.69) is 6.07 Å². The highest BCUT2D eigenvalue weighted by Crippen LogP contribution is 2.37. The summed E-state index contributed by atoms with van der Waals surface area (Å²) in [4.78, 5) is 17.1. The molecule has 1 atom stereocenters. The molecule has 0 aliphatic heterocycles. The van der Waals surface area contributed by atoms with Gasteiger partial charge < -0.3 is 4.90 Å². The average Bonchev–Trinajstić information content (AvgIpc) is 3.34. The quantitative estimate of drug-likeness (QED) is 0.278. The summed E-state index contributed by atoms with van der Waals surface area (Å²) in [6, 6.07) is 15.9.